The van der Waals surface area contributed by atoms with Crippen molar-refractivity contribution in [2.75, 3.05) is 0 Å². The van der Waals surface area contributed by atoms with Crippen LogP contribution in [0.25, 0.3) is 10.1 Å². The van der Waals surface area contributed by atoms with E-state index >= 15 is 0 Å². The molecule has 0 saturated carbocycles. The molecular weight excluding hydrogens is 322 g/mol. The van der Waals surface area contributed by atoms with Crippen LogP contribution in [0.5, 0.6) is 0 Å². The summed E-state index contributed by atoms with van der Waals surface area (Å²) >= 11 is 9.45. The van der Waals surface area contributed by atoms with Crippen LogP contribution in [-0.2, 0) is 0 Å². The molecule has 1 atom stereocenters. The average molecular weight is 336 g/mol. The molecule has 108 valence electrons. The van der Waals surface area contributed by atoms with Crippen molar-refractivity contribution in [3.05, 3.63) is 56.6 Å². The van der Waals surface area contributed by atoms with E-state index in [1.165, 1.54) is 16.2 Å². The number of thiophene rings is 2. The second-order valence-electron chi connectivity index (χ2n) is 4.69. The lowest BCUT2D eigenvalue weighted by atomic mass is 10.2. The number of halogens is 1. The van der Waals surface area contributed by atoms with Gasteiger partial charge in [-0.2, -0.15) is 0 Å². The normalized spacial score (nSPS) is 12.5. The van der Waals surface area contributed by atoms with E-state index in [2.05, 4.69) is 12.2 Å². The molecule has 3 aromatic rings. The monoisotopic (exact) mass is 335 g/mol. The fourth-order valence-electron chi connectivity index (χ4n) is 2.25. The standard InChI is InChI=1S/C16H14ClNOS2/c1-2-11(13-8-5-9-20-13)18-16(19)15-14(17)10-6-3-4-7-12(10)21-15/h3-9,11H,2H2,1H3,(H,18,19). The molecule has 0 aliphatic heterocycles. The Bertz CT molecular complexity index is 764. The number of benzene rings is 1. The van der Waals surface area contributed by atoms with Crippen LogP contribution < -0.4 is 5.32 Å². The van der Waals surface area contributed by atoms with E-state index in [0.29, 0.717) is 9.90 Å². The third-order valence-electron chi connectivity index (χ3n) is 3.34. The predicted octanol–water partition coefficient (Wildman–Crippen LogP) is 5.50. The summed E-state index contributed by atoms with van der Waals surface area (Å²) < 4.78 is 1.04. The molecule has 1 N–H and O–H groups in total. The van der Waals surface area contributed by atoms with Gasteiger partial charge in [0.15, 0.2) is 0 Å². The number of amides is 1. The highest BCUT2D eigenvalue weighted by Crippen LogP contribution is 2.35. The van der Waals surface area contributed by atoms with Crippen LogP contribution in [-0.4, -0.2) is 5.91 Å². The van der Waals surface area contributed by atoms with Gasteiger partial charge in [-0.3, -0.25) is 4.79 Å². The molecule has 1 aromatic carbocycles. The molecule has 2 heterocycles. The van der Waals surface area contributed by atoms with Crippen molar-refractivity contribution in [3.8, 4) is 0 Å². The van der Waals surface area contributed by atoms with Crippen molar-refractivity contribution < 1.29 is 4.79 Å². The Morgan fingerprint density at radius 1 is 1.29 bits per heavy atom. The lowest BCUT2D eigenvalue weighted by molar-refractivity contribution is 0.0940. The molecule has 21 heavy (non-hydrogen) atoms. The van der Waals surface area contributed by atoms with Crippen LogP contribution >= 0.6 is 34.3 Å². The maximum absolute atomic E-state index is 12.5. The van der Waals surface area contributed by atoms with Gasteiger partial charge in [0.25, 0.3) is 5.91 Å². The van der Waals surface area contributed by atoms with Gasteiger partial charge in [-0.1, -0.05) is 42.8 Å². The maximum Gasteiger partial charge on any atom is 0.263 e. The second-order valence-corrected chi connectivity index (χ2v) is 7.10. The Hall–Kier alpha value is -1.36. The SMILES string of the molecule is CCC(NC(=O)c1sc2ccccc2c1Cl)c1cccs1. The van der Waals surface area contributed by atoms with Gasteiger partial charge in [0, 0.05) is 15.0 Å². The Kier molecular flexibility index (Phi) is 4.29. The van der Waals surface area contributed by atoms with Crippen LogP contribution in [0, 0.1) is 0 Å². The van der Waals surface area contributed by atoms with Crippen molar-refractivity contribution in [2.24, 2.45) is 0 Å². The highest BCUT2D eigenvalue weighted by Gasteiger charge is 2.20. The van der Waals surface area contributed by atoms with E-state index in [1.54, 1.807) is 11.3 Å². The Labute approximate surface area is 136 Å². The van der Waals surface area contributed by atoms with E-state index in [4.69, 9.17) is 11.6 Å². The average Bonchev–Trinajstić information content (AvgIpc) is 3.13. The third kappa shape index (κ3) is 2.84. The zero-order chi connectivity index (χ0) is 14.8. The van der Waals surface area contributed by atoms with Gasteiger partial charge in [0.05, 0.1) is 11.1 Å². The van der Waals surface area contributed by atoms with Gasteiger partial charge in [-0.05, 0) is 23.9 Å². The number of fused-ring (bicyclic) bond motifs is 1. The quantitative estimate of drug-likeness (QED) is 0.670. The van der Waals surface area contributed by atoms with Crippen LogP contribution in [0.1, 0.15) is 33.9 Å². The zero-order valence-corrected chi connectivity index (χ0v) is 13.8. The van der Waals surface area contributed by atoms with Crippen molar-refractivity contribution in [1.82, 2.24) is 5.32 Å². The molecule has 2 nitrogen and oxygen atoms in total. The minimum Gasteiger partial charge on any atom is -0.344 e. The first kappa shape index (κ1) is 14.6. The summed E-state index contributed by atoms with van der Waals surface area (Å²) in [6, 6.07) is 11.9. The summed E-state index contributed by atoms with van der Waals surface area (Å²) in [4.78, 5) is 14.3. The molecule has 0 aliphatic carbocycles. The first-order valence-electron chi connectivity index (χ1n) is 6.72. The fourth-order valence-corrected chi connectivity index (χ4v) is 4.53. The summed E-state index contributed by atoms with van der Waals surface area (Å²) in [6.45, 7) is 2.07. The van der Waals surface area contributed by atoms with E-state index in [-0.39, 0.29) is 11.9 Å². The first-order chi connectivity index (χ1) is 10.2. The van der Waals surface area contributed by atoms with Crippen molar-refractivity contribution in [2.45, 2.75) is 19.4 Å². The molecule has 1 unspecified atom stereocenters. The van der Waals surface area contributed by atoms with Gasteiger partial charge in [-0.25, -0.2) is 0 Å². The maximum atomic E-state index is 12.5. The number of hydrogen-bond acceptors (Lipinski definition) is 3. The smallest absolute Gasteiger partial charge is 0.263 e. The number of hydrogen-bond donors (Lipinski definition) is 1. The Morgan fingerprint density at radius 3 is 2.76 bits per heavy atom. The van der Waals surface area contributed by atoms with Gasteiger partial charge in [0.2, 0.25) is 0 Å². The van der Waals surface area contributed by atoms with Crippen LogP contribution in [0.3, 0.4) is 0 Å². The largest absolute Gasteiger partial charge is 0.344 e. The molecule has 0 bridgehead atoms. The van der Waals surface area contributed by atoms with Crippen LogP contribution in [0.2, 0.25) is 5.02 Å². The summed E-state index contributed by atoms with van der Waals surface area (Å²) in [5.41, 5.74) is 0. The number of rotatable bonds is 4. The zero-order valence-electron chi connectivity index (χ0n) is 11.4. The number of carbonyl (C=O) groups is 1. The molecule has 0 radical (unpaired) electrons. The molecule has 0 fully saturated rings. The summed E-state index contributed by atoms with van der Waals surface area (Å²) in [7, 11) is 0. The lowest BCUT2D eigenvalue weighted by Crippen LogP contribution is -2.27. The highest BCUT2D eigenvalue weighted by molar-refractivity contribution is 7.21. The molecule has 2 aromatic heterocycles. The van der Waals surface area contributed by atoms with Crippen molar-refractivity contribution >= 4 is 50.3 Å². The van der Waals surface area contributed by atoms with E-state index in [9.17, 15) is 4.79 Å². The third-order valence-corrected chi connectivity index (χ3v) is 6.00. The van der Waals surface area contributed by atoms with E-state index in [0.717, 1.165) is 16.5 Å². The number of nitrogens with one attached hydrogen (secondary N) is 1. The Morgan fingerprint density at radius 2 is 2.10 bits per heavy atom. The Balaban J connectivity index is 1.88. The van der Waals surface area contributed by atoms with Gasteiger partial charge < -0.3 is 5.32 Å². The van der Waals surface area contributed by atoms with Crippen molar-refractivity contribution in [3.63, 3.8) is 0 Å². The fraction of sp³-hybridized carbons (Fsp3) is 0.188. The highest BCUT2D eigenvalue weighted by atomic mass is 35.5. The molecule has 1 amide bonds. The summed E-state index contributed by atoms with van der Waals surface area (Å²) in [6.07, 6.45) is 0.856. The molecular formula is C16H14ClNOS2. The molecule has 0 aliphatic rings. The molecule has 0 saturated heterocycles. The minimum atomic E-state index is -0.0959. The molecule has 0 spiro atoms. The van der Waals surface area contributed by atoms with Crippen LogP contribution in [0.15, 0.2) is 41.8 Å². The summed E-state index contributed by atoms with van der Waals surface area (Å²) in [5, 5.41) is 6.60. The van der Waals surface area contributed by atoms with E-state index in [1.807, 2.05) is 41.8 Å². The topological polar surface area (TPSA) is 29.1 Å². The molecule has 5 heteroatoms. The van der Waals surface area contributed by atoms with Crippen molar-refractivity contribution in [1.29, 1.82) is 0 Å². The van der Waals surface area contributed by atoms with Gasteiger partial charge in [0.1, 0.15) is 4.88 Å². The first-order valence-corrected chi connectivity index (χ1v) is 8.79. The lowest BCUT2D eigenvalue weighted by Gasteiger charge is -2.14. The van der Waals surface area contributed by atoms with E-state index < -0.39 is 0 Å². The predicted molar refractivity (Wildman–Crippen MR) is 91.7 cm³/mol. The second kappa shape index (κ2) is 6.18. The van der Waals surface area contributed by atoms with Crippen LogP contribution in [0.4, 0.5) is 0 Å². The number of carbonyl (C=O) groups excluding carboxylic acids is 1. The summed E-state index contributed by atoms with van der Waals surface area (Å²) in [5.74, 6) is -0.0959. The van der Waals surface area contributed by atoms with Gasteiger partial charge >= 0.3 is 0 Å². The van der Waals surface area contributed by atoms with Gasteiger partial charge in [-0.15, -0.1) is 22.7 Å². The molecule has 3 rings (SSSR count). The minimum absolute atomic E-state index is 0.0405.